The van der Waals surface area contributed by atoms with E-state index in [0.717, 1.165) is 0 Å². The van der Waals surface area contributed by atoms with Crippen molar-refractivity contribution in [1.29, 1.82) is 0 Å². The van der Waals surface area contributed by atoms with Crippen molar-refractivity contribution >= 4 is 11.9 Å². The minimum Gasteiger partial charge on any atom is -0.459 e. The lowest BCUT2D eigenvalue weighted by Gasteiger charge is -2.26. The monoisotopic (exact) mass is 310 g/mol. The molecule has 0 aliphatic heterocycles. The molecular formula is C17H23FO4. The van der Waals surface area contributed by atoms with E-state index in [1.54, 1.807) is 41.5 Å². The van der Waals surface area contributed by atoms with Crippen LogP contribution in [0.15, 0.2) is 24.3 Å². The van der Waals surface area contributed by atoms with Gasteiger partial charge in [0.25, 0.3) is 0 Å². The summed E-state index contributed by atoms with van der Waals surface area (Å²) < 4.78 is 23.6. The summed E-state index contributed by atoms with van der Waals surface area (Å²) in [4.78, 5) is 24.7. The van der Waals surface area contributed by atoms with E-state index in [0.29, 0.717) is 5.56 Å². The molecule has 0 N–H and O–H groups in total. The maximum Gasteiger partial charge on any atom is 0.325 e. The second kappa shape index (κ2) is 6.46. The first-order valence-electron chi connectivity index (χ1n) is 7.10. The van der Waals surface area contributed by atoms with E-state index in [9.17, 15) is 14.0 Å². The zero-order valence-corrected chi connectivity index (χ0v) is 13.9. The Kier molecular flexibility index (Phi) is 5.33. The van der Waals surface area contributed by atoms with E-state index in [1.807, 2.05) is 0 Å². The molecule has 0 radical (unpaired) electrons. The summed E-state index contributed by atoms with van der Waals surface area (Å²) in [6.45, 7) is 10.3. The van der Waals surface area contributed by atoms with Crippen LogP contribution in [0, 0.1) is 5.82 Å². The summed E-state index contributed by atoms with van der Waals surface area (Å²) in [5.74, 6) is -3.11. The van der Waals surface area contributed by atoms with E-state index in [1.165, 1.54) is 24.3 Å². The minimum absolute atomic E-state index is 0.338. The molecule has 0 aliphatic carbocycles. The molecule has 0 heterocycles. The Morgan fingerprint density at radius 2 is 1.23 bits per heavy atom. The number of hydrogen-bond acceptors (Lipinski definition) is 4. The van der Waals surface area contributed by atoms with Gasteiger partial charge in [0.1, 0.15) is 17.0 Å². The van der Waals surface area contributed by atoms with E-state index in [4.69, 9.17) is 9.47 Å². The van der Waals surface area contributed by atoms with Crippen molar-refractivity contribution in [3.8, 4) is 0 Å². The van der Waals surface area contributed by atoms with Crippen molar-refractivity contribution < 1.29 is 23.5 Å². The van der Waals surface area contributed by atoms with Crippen LogP contribution in [0.25, 0.3) is 0 Å². The molecule has 1 rings (SSSR count). The number of rotatable bonds is 3. The molecule has 0 bridgehead atoms. The van der Waals surface area contributed by atoms with Crippen LogP contribution in [0.2, 0.25) is 0 Å². The zero-order valence-electron chi connectivity index (χ0n) is 13.9. The van der Waals surface area contributed by atoms with E-state index in [-0.39, 0.29) is 0 Å². The second-order valence-corrected chi connectivity index (χ2v) is 7.05. The summed E-state index contributed by atoms with van der Waals surface area (Å²) in [6, 6.07) is 5.15. The fourth-order valence-corrected chi connectivity index (χ4v) is 1.75. The predicted octanol–water partition coefficient (Wildman–Crippen LogP) is 3.59. The highest BCUT2D eigenvalue weighted by molar-refractivity contribution is 6.01. The van der Waals surface area contributed by atoms with Gasteiger partial charge in [0.15, 0.2) is 5.92 Å². The Morgan fingerprint density at radius 1 is 0.864 bits per heavy atom. The Balaban J connectivity index is 3.12. The van der Waals surface area contributed by atoms with Crippen LogP contribution in [-0.2, 0) is 19.1 Å². The Morgan fingerprint density at radius 3 is 1.55 bits per heavy atom. The van der Waals surface area contributed by atoms with Gasteiger partial charge in [0, 0.05) is 0 Å². The van der Waals surface area contributed by atoms with Crippen LogP contribution in [-0.4, -0.2) is 23.1 Å². The van der Waals surface area contributed by atoms with Crippen LogP contribution >= 0.6 is 0 Å². The van der Waals surface area contributed by atoms with Gasteiger partial charge in [-0.1, -0.05) is 12.1 Å². The molecule has 0 fully saturated rings. The van der Waals surface area contributed by atoms with Gasteiger partial charge in [-0.3, -0.25) is 9.59 Å². The van der Waals surface area contributed by atoms with Crippen LogP contribution in [0.3, 0.4) is 0 Å². The number of benzene rings is 1. The first-order valence-corrected chi connectivity index (χ1v) is 7.10. The molecule has 0 saturated carbocycles. The van der Waals surface area contributed by atoms with Crippen molar-refractivity contribution in [2.75, 3.05) is 0 Å². The highest BCUT2D eigenvalue weighted by Crippen LogP contribution is 2.25. The molecule has 122 valence electrons. The van der Waals surface area contributed by atoms with Gasteiger partial charge >= 0.3 is 11.9 Å². The van der Waals surface area contributed by atoms with Crippen LogP contribution in [0.5, 0.6) is 0 Å². The summed E-state index contributed by atoms with van der Waals surface area (Å²) in [7, 11) is 0. The van der Waals surface area contributed by atoms with Crippen LogP contribution in [0.4, 0.5) is 4.39 Å². The molecule has 1 aromatic rings. The van der Waals surface area contributed by atoms with Crippen molar-refractivity contribution in [2.45, 2.75) is 58.7 Å². The quantitative estimate of drug-likeness (QED) is 0.632. The molecule has 0 atom stereocenters. The lowest BCUT2D eigenvalue weighted by atomic mass is 9.98. The van der Waals surface area contributed by atoms with Gasteiger partial charge < -0.3 is 9.47 Å². The first-order chi connectivity index (χ1) is 9.89. The van der Waals surface area contributed by atoms with Gasteiger partial charge in [-0.05, 0) is 59.2 Å². The van der Waals surface area contributed by atoms with Gasteiger partial charge in [-0.15, -0.1) is 0 Å². The maximum atomic E-state index is 13.1. The fourth-order valence-electron chi connectivity index (χ4n) is 1.75. The highest BCUT2D eigenvalue weighted by Gasteiger charge is 2.36. The molecule has 1 aromatic carbocycles. The summed E-state index contributed by atoms with van der Waals surface area (Å²) in [6.07, 6.45) is 0. The predicted molar refractivity (Wildman–Crippen MR) is 80.8 cm³/mol. The molecule has 0 amide bonds. The third kappa shape index (κ3) is 5.84. The maximum absolute atomic E-state index is 13.1. The fraction of sp³-hybridized carbons (Fsp3) is 0.529. The lowest BCUT2D eigenvalue weighted by molar-refractivity contribution is -0.169. The van der Waals surface area contributed by atoms with Gasteiger partial charge in [0.05, 0.1) is 0 Å². The van der Waals surface area contributed by atoms with Crippen LogP contribution in [0.1, 0.15) is 53.0 Å². The van der Waals surface area contributed by atoms with Crippen molar-refractivity contribution in [3.05, 3.63) is 35.6 Å². The average molecular weight is 310 g/mol. The number of esters is 2. The molecule has 0 spiro atoms. The Hall–Kier alpha value is -1.91. The topological polar surface area (TPSA) is 52.6 Å². The van der Waals surface area contributed by atoms with Crippen molar-refractivity contribution in [3.63, 3.8) is 0 Å². The molecular weight excluding hydrogens is 287 g/mol. The van der Waals surface area contributed by atoms with Crippen molar-refractivity contribution in [2.24, 2.45) is 0 Å². The first kappa shape index (κ1) is 18.1. The number of halogens is 1. The summed E-state index contributed by atoms with van der Waals surface area (Å²) in [5.41, 5.74) is -1.14. The normalized spacial score (nSPS) is 12.2. The van der Waals surface area contributed by atoms with Crippen molar-refractivity contribution in [1.82, 2.24) is 0 Å². The number of ether oxygens (including phenoxy) is 2. The molecule has 0 unspecified atom stereocenters. The standard InChI is InChI=1S/C17H23FO4/c1-16(2,3)21-14(19)13(15(20)22-17(4,5)6)11-7-9-12(18)10-8-11/h7-10,13H,1-6H3. The third-order valence-electron chi connectivity index (χ3n) is 2.49. The lowest BCUT2D eigenvalue weighted by Crippen LogP contribution is -2.35. The van der Waals surface area contributed by atoms with E-state index in [2.05, 4.69) is 0 Å². The number of hydrogen-bond donors (Lipinski definition) is 0. The van der Waals surface area contributed by atoms with E-state index < -0.39 is 34.9 Å². The molecule has 5 heteroatoms. The Labute approximate surface area is 130 Å². The molecule has 22 heavy (non-hydrogen) atoms. The summed E-state index contributed by atoms with van der Waals surface area (Å²) >= 11 is 0. The molecule has 0 aromatic heterocycles. The largest absolute Gasteiger partial charge is 0.459 e. The van der Waals surface area contributed by atoms with Gasteiger partial charge in [-0.2, -0.15) is 0 Å². The Bertz CT molecular complexity index is 507. The number of carbonyl (C=O) groups excluding carboxylic acids is 2. The molecule has 4 nitrogen and oxygen atoms in total. The summed E-state index contributed by atoms with van der Waals surface area (Å²) in [5, 5.41) is 0. The smallest absolute Gasteiger partial charge is 0.325 e. The SMILES string of the molecule is CC(C)(C)OC(=O)C(C(=O)OC(C)(C)C)c1ccc(F)cc1. The average Bonchev–Trinajstić information content (AvgIpc) is 2.27. The minimum atomic E-state index is -1.24. The van der Waals surface area contributed by atoms with E-state index >= 15 is 0 Å². The second-order valence-electron chi connectivity index (χ2n) is 7.05. The zero-order chi connectivity index (χ0) is 17.1. The van der Waals surface area contributed by atoms with Gasteiger partial charge in [0.2, 0.25) is 0 Å². The molecule has 0 saturated heterocycles. The van der Waals surface area contributed by atoms with Crippen LogP contribution < -0.4 is 0 Å². The number of carbonyl (C=O) groups is 2. The molecule has 0 aliphatic rings. The van der Waals surface area contributed by atoms with Gasteiger partial charge in [-0.25, -0.2) is 4.39 Å². The third-order valence-corrected chi connectivity index (χ3v) is 2.49. The highest BCUT2D eigenvalue weighted by atomic mass is 19.1.